The first-order valence-corrected chi connectivity index (χ1v) is 3.80. The summed E-state index contributed by atoms with van der Waals surface area (Å²) >= 11 is 0. The maximum atomic E-state index is 11.1. The predicted octanol–water partition coefficient (Wildman–Crippen LogP) is 1.62. The smallest absolute Gasteiger partial charge is 0.182 e. The number of carbonyl (C=O) groups is 1. The van der Waals surface area contributed by atoms with Crippen LogP contribution < -0.4 is 0 Å². The molecule has 0 saturated carbocycles. The SMILES string of the molecule is CCON=C(C)C(=O)C(C)C. The molecule has 0 unspecified atom stereocenters. The molecule has 0 aliphatic heterocycles. The van der Waals surface area contributed by atoms with E-state index in [0.717, 1.165) is 0 Å². The van der Waals surface area contributed by atoms with E-state index in [2.05, 4.69) is 5.16 Å². The van der Waals surface area contributed by atoms with Crippen molar-refractivity contribution in [3.8, 4) is 0 Å². The molecule has 0 heterocycles. The van der Waals surface area contributed by atoms with E-state index in [9.17, 15) is 4.79 Å². The third-order valence-electron chi connectivity index (χ3n) is 1.21. The average Bonchev–Trinajstić information content (AvgIpc) is 1.98. The van der Waals surface area contributed by atoms with Gasteiger partial charge in [-0.1, -0.05) is 19.0 Å². The minimum absolute atomic E-state index is 0.000735. The summed E-state index contributed by atoms with van der Waals surface area (Å²) in [6.07, 6.45) is 0. The van der Waals surface area contributed by atoms with Crippen LogP contribution in [0.4, 0.5) is 0 Å². The number of carbonyl (C=O) groups excluding carboxylic acids is 1. The van der Waals surface area contributed by atoms with Crippen LogP contribution in [0.2, 0.25) is 0 Å². The van der Waals surface area contributed by atoms with Crippen molar-refractivity contribution in [3.05, 3.63) is 0 Å². The second kappa shape index (κ2) is 4.88. The van der Waals surface area contributed by atoms with Crippen LogP contribution in [-0.4, -0.2) is 18.1 Å². The van der Waals surface area contributed by atoms with Gasteiger partial charge in [0, 0.05) is 5.92 Å². The molecule has 0 N–H and O–H groups in total. The van der Waals surface area contributed by atoms with E-state index in [1.165, 1.54) is 0 Å². The van der Waals surface area contributed by atoms with E-state index in [0.29, 0.717) is 12.3 Å². The van der Waals surface area contributed by atoms with E-state index >= 15 is 0 Å². The lowest BCUT2D eigenvalue weighted by atomic mass is 10.1. The molecule has 0 spiro atoms. The third kappa shape index (κ3) is 3.75. The molecule has 0 fully saturated rings. The van der Waals surface area contributed by atoms with Gasteiger partial charge >= 0.3 is 0 Å². The van der Waals surface area contributed by atoms with E-state index in [-0.39, 0.29) is 11.7 Å². The Bertz CT molecular complexity index is 161. The van der Waals surface area contributed by atoms with Gasteiger partial charge in [-0.2, -0.15) is 0 Å². The first kappa shape index (κ1) is 10.1. The number of ketones is 1. The first-order chi connectivity index (χ1) is 5.09. The highest BCUT2D eigenvalue weighted by atomic mass is 16.6. The zero-order chi connectivity index (χ0) is 8.85. The van der Waals surface area contributed by atoms with Crippen LogP contribution >= 0.6 is 0 Å². The number of hydrogen-bond donors (Lipinski definition) is 0. The van der Waals surface area contributed by atoms with Crippen LogP contribution in [0, 0.1) is 5.92 Å². The molecule has 0 aliphatic carbocycles. The quantitative estimate of drug-likeness (QED) is 0.459. The Balaban J connectivity index is 4.01. The van der Waals surface area contributed by atoms with Crippen LogP contribution in [0.1, 0.15) is 27.7 Å². The topological polar surface area (TPSA) is 38.7 Å². The van der Waals surface area contributed by atoms with E-state index in [4.69, 9.17) is 4.84 Å². The minimum Gasteiger partial charge on any atom is -0.396 e. The summed E-state index contributed by atoms with van der Waals surface area (Å²) in [5.41, 5.74) is 0.446. The highest BCUT2D eigenvalue weighted by Crippen LogP contribution is 1.96. The molecule has 0 rings (SSSR count). The monoisotopic (exact) mass is 157 g/mol. The molecular weight excluding hydrogens is 142 g/mol. The number of nitrogens with zero attached hydrogens (tertiary/aromatic N) is 1. The molecule has 0 atom stereocenters. The van der Waals surface area contributed by atoms with Gasteiger partial charge in [0.2, 0.25) is 0 Å². The van der Waals surface area contributed by atoms with Gasteiger partial charge in [0.1, 0.15) is 12.3 Å². The Morgan fingerprint density at radius 2 is 2.09 bits per heavy atom. The highest BCUT2D eigenvalue weighted by molar-refractivity contribution is 6.39. The molecule has 0 aromatic rings. The van der Waals surface area contributed by atoms with Crippen molar-refractivity contribution < 1.29 is 9.63 Å². The van der Waals surface area contributed by atoms with Gasteiger partial charge in [-0.15, -0.1) is 0 Å². The van der Waals surface area contributed by atoms with Gasteiger partial charge < -0.3 is 4.84 Å². The van der Waals surface area contributed by atoms with Crippen molar-refractivity contribution in [2.75, 3.05) is 6.61 Å². The Morgan fingerprint density at radius 1 is 1.55 bits per heavy atom. The largest absolute Gasteiger partial charge is 0.396 e. The summed E-state index contributed by atoms with van der Waals surface area (Å²) in [5, 5.41) is 3.63. The van der Waals surface area contributed by atoms with Gasteiger partial charge in [0.15, 0.2) is 5.78 Å². The molecule has 3 heteroatoms. The van der Waals surface area contributed by atoms with Crippen molar-refractivity contribution in [1.29, 1.82) is 0 Å². The van der Waals surface area contributed by atoms with Gasteiger partial charge in [-0.05, 0) is 13.8 Å². The number of rotatable bonds is 4. The van der Waals surface area contributed by atoms with E-state index < -0.39 is 0 Å². The number of Topliss-reactive ketones (excluding diaryl/α,β-unsaturated/α-hetero) is 1. The van der Waals surface area contributed by atoms with Crippen molar-refractivity contribution in [1.82, 2.24) is 0 Å². The summed E-state index contributed by atoms with van der Waals surface area (Å²) < 4.78 is 0. The lowest BCUT2D eigenvalue weighted by Gasteiger charge is -2.01. The van der Waals surface area contributed by atoms with Gasteiger partial charge in [0.25, 0.3) is 0 Å². The van der Waals surface area contributed by atoms with Crippen LogP contribution in [0.15, 0.2) is 5.16 Å². The molecule has 0 saturated heterocycles. The maximum absolute atomic E-state index is 11.1. The van der Waals surface area contributed by atoms with E-state index in [1.54, 1.807) is 6.92 Å². The predicted molar refractivity (Wildman–Crippen MR) is 44.6 cm³/mol. The van der Waals surface area contributed by atoms with Crippen molar-refractivity contribution >= 4 is 11.5 Å². The molecular formula is C8H15NO2. The van der Waals surface area contributed by atoms with Crippen LogP contribution in [0.3, 0.4) is 0 Å². The summed E-state index contributed by atoms with van der Waals surface area (Å²) in [7, 11) is 0. The molecule has 0 radical (unpaired) electrons. The Kier molecular flexibility index (Phi) is 4.50. The molecule has 64 valence electrons. The second-order valence-electron chi connectivity index (χ2n) is 2.61. The summed E-state index contributed by atoms with van der Waals surface area (Å²) in [6.45, 7) is 7.68. The van der Waals surface area contributed by atoms with Crippen molar-refractivity contribution in [2.45, 2.75) is 27.7 Å². The Morgan fingerprint density at radius 3 is 2.45 bits per heavy atom. The summed E-state index contributed by atoms with van der Waals surface area (Å²) in [6, 6.07) is 0. The van der Waals surface area contributed by atoms with Crippen molar-refractivity contribution in [3.63, 3.8) is 0 Å². The summed E-state index contributed by atoms with van der Waals surface area (Å²) in [5.74, 6) is 0.0395. The van der Waals surface area contributed by atoms with Gasteiger partial charge in [-0.3, -0.25) is 4.79 Å². The van der Waals surface area contributed by atoms with Gasteiger partial charge in [-0.25, -0.2) is 0 Å². The molecule has 0 amide bonds. The second-order valence-corrected chi connectivity index (χ2v) is 2.61. The molecule has 11 heavy (non-hydrogen) atoms. The van der Waals surface area contributed by atoms with Crippen molar-refractivity contribution in [2.24, 2.45) is 11.1 Å². The number of hydrogen-bond acceptors (Lipinski definition) is 3. The molecule has 0 bridgehead atoms. The maximum Gasteiger partial charge on any atom is 0.182 e. The minimum atomic E-state index is -0.000735. The fourth-order valence-corrected chi connectivity index (χ4v) is 0.624. The fraction of sp³-hybridized carbons (Fsp3) is 0.750. The zero-order valence-corrected chi connectivity index (χ0v) is 7.55. The Hall–Kier alpha value is -0.860. The normalized spacial score (nSPS) is 11.9. The zero-order valence-electron chi connectivity index (χ0n) is 7.55. The van der Waals surface area contributed by atoms with Crippen LogP contribution in [0.5, 0.6) is 0 Å². The Labute approximate surface area is 67.4 Å². The van der Waals surface area contributed by atoms with Crippen LogP contribution in [0.25, 0.3) is 0 Å². The van der Waals surface area contributed by atoms with E-state index in [1.807, 2.05) is 20.8 Å². The molecule has 0 aromatic carbocycles. The fourth-order valence-electron chi connectivity index (χ4n) is 0.624. The summed E-state index contributed by atoms with van der Waals surface area (Å²) in [4.78, 5) is 15.9. The lowest BCUT2D eigenvalue weighted by molar-refractivity contribution is -0.115. The lowest BCUT2D eigenvalue weighted by Crippen LogP contribution is -2.16. The highest BCUT2D eigenvalue weighted by Gasteiger charge is 2.10. The standard InChI is InChI=1S/C8H15NO2/c1-5-11-9-7(4)8(10)6(2)3/h6H,5H2,1-4H3. The number of oxime groups is 1. The molecule has 3 nitrogen and oxygen atoms in total. The third-order valence-corrected chi connectivity index (χ3v) is 1.21. The molecule has 0 aliphatic rings. The first-order valence-electron chi connectivity index (χ1n) is 3.80. The van der Waals surface area contributed by atoms with Gasteiger partial charge in [0.05, 0.1) is 0 Å². The molecule has 0 aromatic heterocycles. The average molecular weight is 157 g/mol. The van der Waals surface area contributed by atoms with Crippen LogP contribution in [-0.2, 0) is 9.63 Å².